The molecule has 150 valence electrons. The quantitative estimate of drug-likeness (QED) is 0.690. The van der Waals surface area contributed by atoms with Crippen LogP contribution in [0.5, 0.6) is 0 Å². The minimum atomic E-state index is -1.27. The van der Waals surface area contributed by atoms with Crippen molar-refractivity contribution in [1.82, 2.24) is 15.0 Å². The van der Waals surface area contributed by atoms with Crippen molar-refractivity contribution in [3.8, 4) is 22.4 Å². The molecule has 1 unspecified atom stereocenters. The maximum Gasteiger partial charge on any atom is 0.141 e. The van der Waals surface area contributed by atoms with Gasteiger partial charge in [0.15, 0.2) is 0 Å². The van der Waals surface area contributed by atoms with Crippen LogP contribution < -0.4 is 5.73 Å². The number of nitrogens with zero attached hydrogens (tertiary/aromatic N) is 3. The molecular weight excluding hydrogens is 391 g/mol. The van der Waals surface area contributed by atoms with Crippen molar-refractivity contribution in [2.45, 2.75) is 17.9 Å². The van der Waals surface area contributed by atoms with E-state index in [1.165, 1.54) is 18.5 Å². The van der Waals surface area contributed by atoms with Gasteiger partial charge >= 0.3 is 0 Å². The molecule has 3 aromatic rings. The Morgan fingerprint density at radius 1 is 1.10 bits per heavy atom. The standard InChI is InChI=1S/C21H21FN4O2S/c22-18-10-15(3-4-17(18)19-11-26-20(23)12-25-19)16-2-1-7-24-21(16)29(27)13-14-5-8-28-9-6-14/h1-4,7,10-12,14H,5-6,8-9,13H2,(H2,23,26). The summed E-state index contributed by atoms with van der Waals surface area (Å²) in [6.45, 7) is 1.41. The summed E-state index contributed by atoms with van der Waals surface area (Å²) in [5, 5.41) is 0.485. The lowest BCUT2D eigenvalue weighted by molar-refractivity contribution is 0.0725. The van der Waals surface area contributed by atoms with Crippen LogP contribution in [0.3, 0.4) is 0 Å². The molecule has 29 heavy (non-hydrogen) atoms. The van der Waals surface area contributed by atoms with Crippen LogP contribution in [-0.2, 0) is 15.5 Å². The summed E-state index contributed by atoms with van der Waals surface area (Å²) in [6.07, 6.45) is 6.25. The summed E-state index contributed by atoms with van der Waals surface area (Å²) in [4.78, 5) is 12.4. The number of hydrogen-bond acceptors (Lipinski definition) is 6. The molecule has 6 nitrogen and oxygen atoms in total. The smallest absolute Gasteiger partial charge is 0.141 e. The number of ether oxygens (including phenoxy) is 1. The summed E-state index contributed by atoms with van der Waals surface area (Å²) >= 11 is 0. The van der Waals surface area contributed by atoms with Crippen LogP contribution in [0.4, 0.5) is 10.2 Å². The van der Waals surface area contributed by atoms with Gasteiger partial charge in [-0.3, -0.25) is 9.19 Å². The molecule has 1 aromatic carbocycles. The zero-order valence-corrected chi connectivity index (χ0v) is 16.6. The molecule has 0 spiro atoms. The molecule has 1 saturated heterocycles. The summed E-state index contributed by atoms with van der Waals surface area (Å²) in [5.74, 6) is 0.724. The lowest BCUT2D eigenvalue weighted by Crippen LogP contribution is -2.21. The van der Waals surface area contributed by atoms with Gasteiger partial charge in [-0.15, -0.1) is 0 Å². The average Bonchev–Trinajstić information content (AvgIpc) is 2.75. The second-order valence-corrected chi connectivity index (χ2v) is 8.36. The third-order valence-corrected chi connectivity index (χ3v) is 6.47. The van der Waals surface area contributed by atoms with E-state index in [1.807, 2.05) is 6.07 Å². The van der Waals surface area contributed by atoms with E-state index in [1.54, 1.807) is 24.4 Å². The maximum atomic E-state index is 14.8. The van der Waals surface area contributed by atoms with Crippen molar-refractivity contribution in [1.29, 1.82) is 0 Å². The summed E-state index contributed by atoms with van der Waals surface area (Å²) in [7, 11) is -1.27. The number of aromatic nitrogens is 3. The fourth-order valence-corrected chi connectivity index (χ4v) is 4.89. The predicted molar refractivity (Wildman–Crippen MR) is 110 cm³/mol. The fraction of sp³-hybridized carbons (Fsp3) is 0.286. The first kappa shape index (κ1) is 19.6. The Hall–Kier alpha value is -2.71. The second-order valence-electron chi connectivity index (χ2n) is 6.95. The van der Waals surface area contributed by atoms with E-state index in [4.69, 9.17) is 10.5 Å². The van der Waals surface area contributed by atoms with Gasteiger partial charge in [0, 0.05) is 36.3 Å². The molecule has 1 aliphatic rings. The topological polar surface area (TPSA) is 91.0 Å². The molecule has 0 aliphatic carbocycles. The van der Waals surface area contributed by atoms with Crippen molar-refractivity contribution in [2.24, 2.45) is 5.92 Å². The zero-order valence-electron chi connectivity index (χ0n) is 15.8. The van der Waals surface area contributed by atoms with E-state index in [2.05, 4.69) is 15.0 Å². The molecule has 2 aromatic heterocycles. The van der Waals surface area contributed by atoms with Crippen LogP contribution >= 0.6 is 0 Å². The molecule has 0 saturated carbocycles. The van der Waals surface area contributed by atoms with Crippen molar-refractivity contribution >= 4 is 16.6 Å². The number of nitrogens with two attached hydrogens (primary N) is 1. The Morgan fingerprint density at radius 3 is 2.66 bits per heavy atom. The summed E-state index contributed by atoms with van der Waals surface area (Å²) in [5.41, 5.74) is 7.57. The van der Waals surface area contributed by atoms with Gasteiger partial charge in [0.05, 0.1) is 28.9 Å². The number of halogens is 1. The monoisotopic (exact) mass is 412 g/mol. The summed E-state index contributed by atoms with van der Waals surface area (Å²) in [6, 6.07) is 8.43. The van der Waals surface area contributed by atoms with Crippen molar-refractivity contribution < 1.29 is 13.3 Å². The highest BCUT2D eigenvalue weighted by atomic mass is 32.2. The Labute approximate surface area is 170 Å². The van der Waals surface area contributed by atoms with Gasteiger partial charge in [0.1, 0.15) is 16.7 Å². The highest BCUT2D eigenvalue weighted by molar-refractivity contribution is 7.85. The Balaban J connectivity index is 1.62. The lowest BCUT2D eigenvalue weighted by Gasteiger charge is -2.21. The van der Waals surface area contributed by atoms with Gasteiger partial charge in [-0.05, 0) is 42.5 Å². The van der Waals surface area contributed by atoms with Crippen molar-refractivity contribution in [2.75, 3.05) is 24.7 Å². The Kier molecular flexibility index (Phi) is 5.92. The Bertz CT molecular complexity index is 1020. The van der Waals surface area contributed by atoms with Gasteiger partial charge in [-0.25, -0.2) is 14.4 Å². The van der Waals surface area contributed by atoms with Crippen LogP contribution in [0.15, 0.2) is 53.9 Å². The largest absolute Gasteiger partial charge is 0.382 e. The number of nitrogen functional groups attached to an aromatic ring is 1. The molecule has 3 heterocycles. The van der Waals surface area contributed by atoms with E-state index in [9.17, 15) is 8.60 Å². The van der Waals surface area contributed by atoms with Crippen LogP contribution in [0, 0.1) is 11.7 Å². The van der Waals surface area contributed by atoms with Gasteiger partial charge in [0.2, 0.25) is 0 Å². The van der Waals surface area contributed by atoms with Crippen molar-refractivity contribution in [3.63, 3.8) is 0 Å². The first-order valence-corrected chi connectivity index (χ1v) is 10.7. The zero-order chi connectivity index (χ0) is 20.2. The molecule has 2 N–H and O–H groups in total. The first-order valence-electron chi connectivity index (χ1n) is 9.41. The molecule has 4 rings (SSSR count). The third kappa shape index (κ3) is 4.49. The highest BCUT2D eigenvalue weighted by Gasteiger charge is 2.21. The predicted octanol–water partition coefficient (Wildman–Crippen LogP) is 3.46. The van der Waals surface area contributed by atoms with Crippen LogP contribution in [-0.4, -0.2) is 38.1 Å². The van der Waals surface area contributed by atoms with E-state index in [0.29, 0.717) is 52.3 Å². The molecule has 1 fully saturated rings. The average molecular weight is 412 g/mol. The maximum absolute atomic E-state index is 14.8. The van der Waals surface area contributed by atoms with Crippen LogP contribution in [0.1, 0.15) is 12.8 Å². The highest BCUT2D eigenvalue weighted by Crippen LogP contribution is 2.30. The molecule has 0 amide bonds. The number of pyridine rings is 1. The van der Waals surface area contributed by atoms with Gasteiger partial charge in [-0.1, -0.05) is 12.1 Å². The molecule has 8 heteroatoms. The molecule has 0 radical (unpaired) electrons. The van der Waals surface area contributed by atoms with E-state index >= 15 is 0 Å². The number of anilines is 1. The minimum absolute atomic E-state index is 0.276. The summed E-state index contributed by atoms with van der Waals surface area (Å²) < 4.78 is 33.2. The van der Waals surface area contributed by atoms with Gasteiger partial charge in [-0.2, -0.15) is 0 Å². The second kappa shape index (κ2) is 8.75. The normalized spacial score (nSPS) is 15.9. The fourth-order valence-electron chi connectivity index (χ4n) is 3.37. The number of rotatable bonds is 5. The molecule has 1 aliphatic heterocycles. The van der Waals surface area contributed by atoms with Crippen LogP contribution in [0.2, 0.25) is 0 Å². The lowest BCUT2D eigenvalue weighted by atomic mass is 10.0. The van der Waals surface area contributed by atoms with E-state index < -0.39 is 16.6 Å². The minimum Gasteiger partial charge on any atom is -0.382 e. The number of benzene rings is 1. The van der Waals surface area contributed by atoms with E-state index in [0.717, 1.165) is 12.8 Å². The number of hydrogen-bond donors (Lipinski definition) is 1. The van der Waals surface area contributed by atoms with Crippen LogP contribution in [0.25, 0.3) is 22.4 Å². The molecule has 0 bridgehead atoms. The Morgan fingerprint density at radius 2 is 1.93 bits per heavy atom. The van der Waals surface area contributed by atoms with E-state index in [-0.39, 0.29) is 5.82 Å². The third-order valence-electron chi connectivity index (χ3n) is 4.94. The first-order chi connectivity index (χ1) is 14.1. The molecular formula is C21H21FN4O2S. The van der Waals surface area contributed by atoms with Gasteiger partial charge in [0.25, 0.3) is 0 Å². The SMILES string of the molecule is Nc1cnc(-c2ccc(-c3cccnc3S(=O)CC3CCOCC3)cc2F)cn1. The molecule has 1 atom stereocenters. The van der Waals surface area contributed by atoms with Crippen molar-refractivity contribution in [3.05, 3.63) is 54.7 Å². The van der Waals surface area contributed by atoms with Gasteiger partial charge < -0.3 is 10.5 Å².